The maximum Gasteiger partial charge on any atom is 0.0188 e. The van der Waals surface area contributed by atoms with Crippen molar-refractivity contribution in [3.8, 4) is 0 Å². The van der Waals surface area contributed by atoms with Gasteiger partial charge >= 0.3 is 0 Å². The summed E-state index contributed by atoms with van der Waals surface area (Å²) in [5.74, 6) is 0. The minimum Gasteiger partial charge on any atom is -0.333 e. The smallest absolute Gasteiger partial charge is 0.0188 e. The molecule has 6 heavy (non-hydrogen) atoms. The van der Waals surface area contributed by atoms with Gasteiger partial charge in [0.1, 0.15) is 0 Å². The highest BCUT2D eigenvalue weighted by molar-refractivity contribution is 5.24. The van der Waals surface area contributed by atoms with Crippen LogP contribution in [0.15, 0.2) is 17.8 Å². The summed E-state index contributed by atoms with van der Waals surface area (Å²) < 4.78 is 0. The van der Waals surface area contributed by atoms with Crippen molar-refractivity contribution >= 4 is 6.72 Å². The molecule has 0 aromatic carbocycles. The largest absolute Gasteiger partial charge is 0.333 e. The van der Waals surface area contributed by atoms with Gasteiger partial charge < -0.3 is 5.73 Å². The number of aliphatic imine (C=N–C) groups is 1. The van der Waals surface area contributed by atoms with E-state index in [-0.39, 0.29) is 0 Å². The second-order valence-corrected chi connectivity index (χ2v) is 0.365. The molecule has 0 rings (SSSR count). The van der Waals surface area contributed by atoms with Gasteiger partial charge in [0, 0.05) is 6.20 Å². The number of nitrogens with zero attached hydrogens (tertiary/aromatic N) is 1. The lowest BCUT2D eigenvalue weighted by molar-refractivity contribution is 1.48. The predicted octanol–water partition coefficient (Wildman–Crippen LogP) is 0.405. The zero-order chi connectivity index (χ0) is 5.41. The summed E-state index contributed by atoms with van der Waals surface area (Å²) in [6.45, 7) is 6.36. The minimum atomic E-state index is 1.39. The van der Waals surface area contributed by atoms with Crippen LogP contribution in [-0.4, -0.2) is 13.8 Å². The average Bonchev–Trinajstić information content (AvgIpc) is 1.72. The maximum atomic E-state index is 4.50. The van der Waals surface area contributed by atoms with Crippen molar-refractivity contribution in [3.63, 3.8) is 0 Å². The molecule has 0 atom stereocenters. The molecule has 0 unspecified atom stereocenters. The van der Waals surface area contributed by atoms with Crippen LogP contribution in [0.4, 0.5) is 0 Å². The third-order valence-corrected chi connectivity index (χ3v) is 0.129. The van der Waals surface area contributed by atoms with Crippen molar-refractivity contribution < 1.29 is 0 Å². The van der Waals surface area contributed by atoms with Gasteiger partial charge in [0.15, 0.2) is 0 Å². The van der Waals surface area contributed by atoms with Crippen molar-refractivity contribution in [3.05, 3.63) is 12.8 Å². The van der Waals surface area contributed by atoms with Crippen LogP contribution in [-0.2, 0) is 0 Å². The van der Waals surface area contributed by atoms with Crippen molar-refractivity contribution in [2.24, 2.45) is 10.7 Å². The van der Waals surface area contributed by atoms with Crippen LogP contribution in [0.1, 0.15) is 0 Å². The molecule has 0 amide bonds. The normalized spacial score (nSPS) is 4.33. The Bertz CT molecular complexity index is 26.5. The van der Waals surface area contributed by atoms with E-state index < -0.39 is 0 Å². The number of nitrogens with two attached hydrogens (primary N) is 1. The topological polar surface area (TPSA) is 38.4 Å². The van der Waals surface area contributed by atoms with Crippen molar-refractivity contribution in [1.82, 2.24) is 0 Å². The molecule has 2 N–H and O–H groups in total. The van der Waals surface area contributed by atoms with E-state index in [0.29, 0.717) is 0 Å². The second-order valence-electron chi connectivity index (χ2n) is 0.365. The Labute approximate surface area is 38.4 Å². The first kappa shape index (κ1) is 9.03. The Kier molecular flexibility index (Phi) is 39.8. The van der Waals surface area contributed by atoms with E-state index in [1.807, 2.05) is 0 Å². The van der Waals surface area contributed by atoms with Gasteiger partial charge in [0.2, 0.25) is 0 Å². The summed E-state index contributed by atoms with van der Waals surface area (Å²) in [5.41, 5.74) is 4.50. The molecular formula is C4H10N2. The van der Waals surface area contributed by atoms with Gasteiger partial charge in [-0.25, -0.2) is 0 Å². The van der Waals surface area contributed by atoms with Crippen LogP contribution in [0, 0.1) is 0 Å². The van der Waals surface area contributed by atoms with E-state index >= 15 is 0 Å². The molecule has 2 nitrogen and oxygen atoms in total. The summed E-state index contributed by atoms with van der Waals surface area (Å²) in [6.07, 6.45) is 1.39. The predicted molar refractivity (Wildman–Crippen MR) is 29.9 cm³/mol. The maximum absolute atomic E-state index is 4.50. The van der Waals surface area contributed by atoms with E-state index in [2.05, 4.69) is 24.0 Å². The number of rotatable bonds is 1. The van der Waals surface area contributed by atoms with E-state index in [9.17, 15) is 0 Å². The molecular weight excluding hydrogens is 76.1 g/mol. The summed E-state index contributed by atoms with van der Waals surface area (Å²) in [4.78, 5) is 3.25. The monoisotopic (exact) mass is 86.1 g/mol. The molecule has 0 radical (unpaired) electrons. The molecule has 0 aliphatic carbocycles. The molecule has 0 spiro atoms. The highest BCUT2D eigenvalue weighted by Crippen LogP contribution is 1.50. The summed E-state index contributed by atoms with van der Waals surface area (Å²) >= 11 is 0. The summed E-state index contributed by atoms with van der Waals surface area (Å²) in [7, 11) is 1.50. The number of hydrogen-bond donors (Lipinski definition) is 1. The Morgan fingerprint density at radius 1 is 1.67 bits per heavy atom. The third kappa shape index (κ3) is 138. The Hall–Kier alpha value is -0.630. The second kappa shape index (κ2) is 26.4. The Balaban J connectivity index is 0. The van der Waals surface area contributed by atoms with Crippen LogP contribution < -0.4 is 5.73 Å². The lowest BCUT2D eigenvalue weighted by Crippen LogP contribution is -1.69. The van der Waals surface area contributed by atoms with E-state index in [4.69, 9.17) is 0 Å². The van der Waals surface area contributed by atoms with Crippen molar-refractivity contribution in [2.75, 3.05) is 7.05 Å². The molecule has 0 aromatic rings. The molecule has 0 aromatic heterocycles. The fourth-order valence-corrected chi connectivity index (χ4v) is 0. The van der Waals surface area contributed by atoms with Crippen LogP contribution in [0.25, 0.3) is 0 Å². The SMILES string of the molecule is C=CN=C.CN. The van der Waals surface area contributed by atoms with Gasteiger partial charge in [-0.15, -0.1) is 0 Å². The van der Waals surface area contributed by atoms with Crippen LogP contribution >= 0.6 is 0 Å². The molecule has 0 aliphatic heterocycles. The van der Waals surface area contributed by atoms with Gasteiger partial charge in [-0.3, -0.25) is 4.99 Å². The quantitative estimate of drug-likeness (QED) is 0.461. The first-order valence-corrected chi connectivity index (χ1v) is 1.56. The van der Waals surface area contributed by atoms with Gasteiger partial charge in [-0.2, -0.15) is 0 Å². The Morgan fingerprint density at radius 3 is 1.83 bits per heavy atom. The Morgan fingerprint density at radius 2 is 1.83 bits per heavy atom. The van der Waals surface area contributed by atoms with Crippen molar-refractivity contribution in [2.45, 2.75) is 0 Å². The zero-order valence-electron chi connectivity index (χ0n) is 4.02. The minimum absolute atomic E-state index is 1.39. The highest BCUT2D eigenvalue weighted by atomic mass is 14.6. The summed E-state index contributed by atoms with van der Waals surface area (Å²) in [5, 5.41) is 0. The molecule has 2 heteroatoms. The zero-order valence-corrected chi connectivity index (χ0v) is 4.02. The third-order valence-electron chi connectivity index (χ3n) is 0.129. The first-order chi connectivity index (χ1) is 2.91. The molecule has 0 heterocycles. The molecule has 0 fully saturated rings. The molecule has 0 bridgehead atoms. The van der Waals surface area contributed by atoms with Gasteiger partial charge in [-0.1, -0.05) is 6.58 Å². The summed E-state index contributed by atoms with van der Waals surface area (Å²) in [6, 6.07) is 0. The van der Waals surface area contributed by atoms with E-state index in [1.165, 1.54) is 13.2 Å². The van der Waals surface area contributed by atoms with Crippen LogP contribution in [0.5, 0.6) is 0 Å². The lowest BCUT2D eigenvalue weighted by atomic mass is 11.1. The standard InChI is InChI=1S/C3H5N.CH5N/c1-3-4-2;1-2/h3H,1-2H2;2H2,1H3. The number of hydrogen-bond acceptors (Lipinski definition) is 2. The molecule has 0 saturated carbocycles. The highest BCUT2D eigenvalue weighted by Gasteiger charge is 1.27. The fourth-order valence-electron chi connectivity index (χ4n) is 0. The lowest BCUT2D eigenvalue weighted by Gasteiger charge is -1.48. The first-order valence-electron chi connectivity index (χ1n) is 1.56. The average molecular weight is 86.1 g/mol. The molecule has 36 valence electrons. The van der Waals surface area contributed by atoms with E-state index in [1.54, 1.807) is 0 Å². The van der Waals surface area contributed by atoms with Crippen molar-refractivity contribution in [1.29, 1.82) is 0 Å². The van der Waals surface area contributed by atoms with Gasteiger partial charge in [-0.05, 0) is 13.8 Å². The van der Waals surface area contributed by atoms with Gasteiger partial charge in [0.25, 0.3) is 0 Å². The molecule has 0 saturated heterocycles. The van der Waals surface area contributed by atoms with Crippen LogP contribution in [0.2, 0.25) is 0 Å². The van der Waals surface area contributed by atoms with Gasteiger partial charge in [0.05, 0.1) is 0 Å². The fraction of sp³-hybridized carbons (Fsp3) is 0.250. The van der Waals surface area contributed by atoms with Crippen LogP contribution in [0.3, 0.4) is 0 Å². The molecule has 0 aliphatic rings. The van der Waals surface area contributed by atoms with E-state index in [0.717, 1.165) is 0 Å².